The first-order valence-electron chi connectivity index (χ1n) is 8.68. The Balaban J connectivity index is 1.82. The SMILES string of the molecule is N#Cc1cc([N+](=O)[O-])cn(CC(=O)Nc2ccccc2Cc2ccccc2)c1=O. The van der Waals surface area contributed by atoms with Crippen LogP contribution in [-0.2, 0) is 17.8 Å². The molecule has 3 aromatic rings. The molecule has 0 radical (unpaired) electrons. The molecule has 1 heterocycles. The van der Waals surface area contributed by atoms with Crippen molar-refractivity contribution in [3.05, 3.63) is 104 Å². The smallest absolute Gasteiger partial charge is 0.287 e. The molecular weight excluding hydrogens is 372 g/mol. The average Bonchev–Trinajstić information content (AvgIpc) is 2.71. The Bertz CT molecular complexity index is 1160. The Morgan fingerprint density at radius 3 is 2.52 bits per heavy atom. The van der Waals surface area contributed by atoms with Gasteiger partial charge in [0.25, 0.3) is 11.2 Å². The van der Waals surface area contributed by atoms with E-state index >= 15 is 0 Å². The fraction of sp³-hybridized carbons (Fsp3) is 0.0952. The van der Waals surface area contributed by atoms with Crippen molar-refractivity contribution >= 4 is 17.3 Å². The number of carbonyl (C=O) groups is 1. The number of nitriles is 1. The van der Waals surface area contributed by atoms with Gasteiger partial charge in [0.1, 0.15) is 18.2 Å². The molecular formula is C21H16N4O4. The molecule has 8 nitrogen and oxygen atoms in total. The van der Waals surface area contributed by atoms with Crippen LogP contribution in [0.4, 0.5) is 11.4 Å². The van der Waals surface area contributed by atoms with Crippen molar-refractivity contribution < 1.29 is 9.72 Å². The van der Waals surface area contributed by atoms with Crippen LogP contribution in [0.5, 0.6) is 0 Å². The first-order chi connectivity index (χ1) is 14.0. The number of nitro groups is 1. The second-order valence-corrected chi connectivity index (χ2v) is 6.28. The molecule has 0 saturated heterocycles. The predicted octanol–water partition coefficient (Wildman–Crippen LogP) is 2.86. The van der Waals surface area contributed by atoms with Crippen LogP contribution in [0.25, 0.3) is 0 Å². The van der Waals surface area contributed by atoms with Crippen LogP contribution in [0, 0.1) is 21.4 Å². The zero-order valence-corrected chi connectivity index (χ0v) is 15.2. The monoisotopic (exact) mass is 388 g/mol. The molecule has 0 fully saturated rings. The quantitative estimate of drug-likeness (QED) is 0.514. The van der Waals surface area contributed by atoms with Crippen molar-refractivity contribution in [2.75, 3.05) is 5.32 Å². The molecule has 144 valence electrons. The molecule has 1 aromatic heterocycles. The van der Waals surface area contributed by atoms with E-state index in [0.717, 1.165) is 28.0 Å². The molecule has 0 aliphatic carbocycles. The van der Waals surface area contributed by atoms with E-state index in [4.69, 9.17) is 5.26 Å². The number of carbonyl (C=O) groups excluding carboxylic acids is 1. The summed E-state index contributed by atoms with van der Waals surface area (Å²) in [5, 5.41) is 22.8. The lowest BCUT2D eigenvalue weighted by atomic mass is 10.0. The third-order valence-electron chi connectivity index (χ3n) is 4.25. The number of anilines is 1. The van der Waals surface area contributed by atoms with Crippen LogP contribution >= 0.6 is 0 Å². The van der Waals surface area contributed by atoms with E-state index in [2.05, 4.69) is 5.32 Å². The number of nitrogens with zero attached hydrogens (tertiary/aromatic N) is 3. The highest BCUT2D eigenvalue weighted by Gasteiger charge is 2.16. The first-order valence-corrected chi connectivity index (χ1v) is 8.68. The highest BCUT2D eigenvalue weighted by Crippen LogP contribution is 2.19. The van der Waals surface area contributed by atoms with Gasteiger partial charge < -0.3 is 5.32 Å². The molecule has 2 aromatic carbocycles. The first kappa shape index (κ1) is 19.5. The van der Waals surface area contributed by atoms with Crippen LogP contribution in [0.3, 0.4) is 0 Å². The Kier molecular flexibility index (Phi) is 5.80. The molecule has 0 aliphatic heterocycles. The summed E-state index contributed by atoms with van der Waals surface area (Å²) < 4.78 is 0.867. The van der Waals surface area contributed by atoms with Gasteiger partial charge in [-0.3, -0.25) is 24.3 Å². The highest BCUT2D eigenvalue weighted by atomic mass is 16.6. The van der Waals surface area contributed by atoms with Crippen molar-refractivity contribution in [2.45, 2.75) is 13.0 Å². The van der Waals surface area contributed by atoms with Crippen LogP contribution in [0.15, 0.2) is 71.7 Å². The van der Waals surface area contributed by atoms with Crippen LogP contribution < -0.4 is 10.9 Å². The van der Waals surface area contributed by atoms with Gasteiger partial charge in [-0.1, -0.05) is 48.5 Å². The summed E-state index contributed by atoms with van der Waals surface area (Å²) in [5.74, 6) is -0.531. The van der Waals surface area contributed by atoms with E-state index in [-0.39, 0.29) is 0 Å². The number of amides is 1. The number of nitrogens with one attached hydrogen (secondary N) is 1. The molecule has 0 spiro atoms. The maximum atomic E-state index is 12.5. The van der Waals surface area contributed by atoms with Gasteiger partial charge >= 0.3 is 0 Å². The molecule has 1 N–H and O–H groups in total. The fourth-order valence-electron chi connectivity index (χ4n) is 2.87. The maximum absolute atomic E-state index is 12.5. The molecule has 0 aliphatic rings. The topological polar surface area (TPSA) is 118 Å². The fourth-order valence-corrected chi connectivity index (χ4v) is 2.87. The second-order valence-electron chi connectivity index (χ2n) is 6.28. The van der Waals surface area contributed by atoms with E-state index in [1.807, 2.05) is 42.5 Å². The largest absolute Gasteiger partial charge is 0.324 e. The summed E-state index contributed by atoms with van der Waals surface area (Å²) >= 11 is 0. The van der Waals surface area contributed by atoms with Crippen molar-refractivity contribution in [3.8, 4) is 6.07 Å². The van der Waals surface area contributed by atoms with Crippen LogP contribution in [-0.4, -0.2) is 15.4 Å². The van der Waals surface area contributed by atoms with Gasteiger partial charge in [0.2, 0.25) is 5.91 Å². The molecule has 0 atom stereocenters. The number of para-hydroxylation sites is 1. The minimum atomic E-state index is -0.758. The van der Waals surface area contributed by atoms with E-state index in [0.29, 0.717) is 12.1 Å². The number of pyridine rings is 1. The molecule has 1 amide bonds. The van der Waals surface area contributed by atoms with Crippen molar-refractivity contribution in [1.82, 2.24) is 4.57 Å². The molecule has 0 saturated carbocycles. The summed E-state index contributed by atoms with van der Waals surface area (Å²) in [6, 6.07) is 19.5. The average molecular weight is 388 g/mol. The predicted molar refractivity (Wildman–Crippen MR) is 106 cm³/mol. The number of aromatic nitrogens is 1. The molecule has 0 bridgehead atoms. The lowest BCUT2D eigenvalue weighted by Crippen LogP contribution is -2.29. The number of benzene rings is 2. The number of hydrogen-bond donors (Lipinski definition) is 1. The summed E-state index contributed by atoms with van der Waals surface area (Å²) in [6.07, 6.45) is 1.56. The molecule has 0 unspecified atom stereocenters. The van der Waals surface area contributed by atoms with E-state index in [9.17, 15) is 19.7 Å². The summed E-state index contributed by atoms with van der Waals surface area (Å²) in [4.78, 5) is 35.0. The van der Waals surface area contributed by atoms with Crippen molar-refractivity contribution in [3.63, 3.8) is 0 Å². The van der Waals surface area contributed by atoms with Crippen LogP contribution in [0.2, 0.25) is 0 Å². The lowest BCUT2D eigenvalue weighted by Gasteiger charge is -2.12. The van der Waals surface area contributed by atoms with E-state index in [1.54, 1.807) is 18.2 Å². The number of rotatable bonds is 6. The summed E-state index contributed by atoms with van der Waals surface area (Å²) in [6.45, 7) is -0.450. The van der Waals surface area contributed by atoms with Gasteiger partial charge in [0.05, 0.1) is 11.1 Å². The van der Waals surface area contributed by atoms with E-state index in [1.165, 1.54) is 0 Å². The minimum absolute atomic E-state index is 0.392. The third-order valence-corrected chi connectivity index (χ3v) is 4.25. The third kappa shape index (κ3) is 4.73. The Labute approximate surface area is 165 Å². The van der Waals surface area contributed by atoms with Gasteiger partial charge in [-0.05, 0) is 23.6 Å². The normalized spacial score (nSPS) is 10.2. The Morgan fingerprint density at radius 2 is 1.83 bits per heavy atom. The molecule has 3 rings (SSSR count). The van der Waals surface area contributed by atoms with Crippen LogP contribution in [0.1, 0.15) is 16.7 Å². The minimum Gasteiger partial charge on any atom is -0.324 e. The van der Waals surface area contributed by atoms with Gasteiger partial charge in [-0.25, -0.2) is 0 Å². The van der Waals surface area contributed by atoms with Gasteiger partial charge in [-0.2, -0.15) is 5.26 Å². The standard InChI is InChI=1S/C21H16N4O4/c22-12-17-11-18(25(28)29)13-24(21(17)27)14-20(26)23-19-9-5-4-8-16(19)10-15-6-2-1-3-7-15/h1-9,11,13H,10,14H2,(H,23,26). The molecule has 8 heteroatoms. The summed E-state index contributed by atoms with van der Waals surface area (Å²) in [7, 11) is 0. The van der Waals surface area contributed by atoms with Gasteiger partial charge in [0.15, 0.2) is 0 Å². The van der Waals surface area contributed by atoms with Crippen molar-refractivity contribution in [2.24, 2.45) is 0 Å². The zero-order chi connectivity index (χ0) is 20.8. The lowest BCUT2D eigenvalue weighted by molar-refractivity contribution is -0.385. The highest BCUT2D eigenvalue weighted by molar-refractivity contribution is 5.91. The Hall–Kier alpha value is -4.25. The molecule has 29 heavy (non-hydrogen) atoms. The maximum Gasteiger partial charge on any atom is 0.287 e. The van der Waals surface area contributed by atoms with Gasteiger partial charge in [0, 0.05) is 11.8 Å². The van der Waals surface area contributed by atoms with E-state index < -0.39 is 34.2 Å². The summed E-state index contributed by atoms with van der Waals surface area (Å²) in [5.41, 5.74) is 0.958. The van der Waals surface area contributed by atoms with Crippen molar-refractivity contribution in [1.29, 1.82) is 5.26 Å². The number of hydrogen-bond acceptors (Lipinski definition) is 5. The van der Waals surface area contributed by atoms with Gasteiger partial charge in [-0.15, -0.1) is 0 Å². The zero-order valence-electron chi connectivity index (χ0n) is 15.2. The Morgan fingerprint density at radius 1 is 1.14 bits per heavy atom. The second kappa shape index (κ2) is 8.63.